The molecule has 7 heteroatoms. The summed E-state index contributed by atoms with van der Waals surface area (Å²) in [5.41, 5.74) is 5.18. The van der Waals surface area contributed by atoms with Crippen molar-refractivity contribution in [1.82, 2.24) is 10.2 Å². The minimum atomic E-state index is -0.542. The topological polar surface area (TPSA) is 91.3 Å². The first-order chi connectivity index (χ1) is 19.4. The summed E-state index contributed by atoms with van der Waals surface area (Å²) >= 11 is 0. The highest BCUT2D eigenvalue weighted by molar-refractivity contribution is 5.97. The molecule has 4 aliphatic rings. The average Bonchev–Trinajstić information content (AvgIpc) is 3.43. The monoisotopic (exact) mass is 538 g/mol. The van der Waals surface area contributed by atoms with E-state index in [2.05, 4.69) is 47.6 Å². The van der Waals surface area contributed by atoms with Crippen LogP contribution < -0.4 is 14.8 Å². The summed E-state index contributed by atoms with van der Waals surface area (Å²) in [4.78, 5) is 15.7. The fourth-order valence-corrected chi connectivity index (χ4v) is 7.39. The highest BCUT2D eigenvalue weighted by Gasteiger charge is 2.54. The number of amides is 1. The molecule has 0 radical (unpaired) electrons. The van der Waals surface area contributed by atoms with Crippen molar-refractivity contribution in [3.05, 3.63) is 89.0 Å². The number of aliphatic hydroxyl groups is 1. The van der Waals surface area contributed by atoms with Gasteiger partial charge in [0.15, 0.2) is 11.5 Å². The van der Waals surface area contributed by atoms with E-state index in [0.29, 0.717) is 31.0 Å². The predicted octanol–water partition coefficient (Wildman–Crippen LogP) is 4.20. The number of fused-ring (bicyclic) bond motifs is 2. The summed E-state index contributed by atoms with van der Waals surface area (Å²) in [6.07, 6.45) is 6.43. The summed E-state index contributed by atoms with van der Waals surface area (Å²) in [6, 6.07) is 18.3. The number of rotatable bonds is 5. The molecular weight excluding hydrogens is 504 g/mol. The maximum Gasteiger partial charge on any atom is 0.255 e. The van der Waals surface area contributed by atoms with Crippen molar-refractivity contribution in [3.63, 3.8) is 0 Å². The van der Waals surface area contributed by atoms with Crippen molar-refractivity contribution < 1.29 is 24.5 Å². The zero-order chi connectivity index (χ0) is 27.4. The molecule has 3 aromatic rings. The Balaban J connectivity index is 1.06. The van der Waals surface area contributed by atoms with Crippen LogP contribution in [0.1, 0.15) is 39.9 Å². The van der Waals surface area contributed by atoms with Crippen LogP contribution >= 0.6 is 0 Å². The molecule has 206 valence electrons. The number of phenols is 1. The van der Waals surface area contributed by atoms with Crippen LogP contribution in [0.2, 0.25) is 0 Å². The molecular formula is C33H34N2O5. The fraction of sp³-hybridized carbons (Fsp3) is 0.364. The fourth-order valence-electron chi connectivity index (χ4n) is 7.39. The molecule has 7 rings (SSSR count). The Kier molecular flexibility index (Phi) is 6.09. The van der Waals surface area contributed by atoms with E-state index in [-0.39, 0.29) is 29.8 Å². The lowest BCUT2D eigenvalue weighted by Crippen LogP contribution is -2.60. The zero-order valence-electron chi connectivity index (χ0n) is 22.6. The SMILES string of the molecule is CN1CC[C@]23C[C@@H](O)C=CC2[C@H]1Cc1ccc(C(=O)NCCc2ccc(-c4ccc5c(c4)OCO5)cc2)c(O)c13. The van der Waals surface area contributed by atoms with Gasteiger partial charge in [0.25, 0.3) is 5.91 Å². The first-order valence-corrected chi connectivity index (χ1v) is 14.1. The molecule has 2 heterocycles. The van der Waals surface area contributed by atoms with Gasteiger partial charge in [0.05, 0.1) is 11.7 Å². The lowest BCUT2D eigenvalue weighted by Gasteiger charge is -2.57. The van der Waals surface area contributed by atoms with Gasteiger partial charge in [-0.05, 0) is 79.7 Å². The summed E-state index contributed by atoms with van der Waals surface area (Å²) in [5.74, 6) is 1.55. The molecule has 1 amide bonds. The Hall–Kier alpha value is -3.81. The minimum absolute atomic E-state index is 0.0820. The lowest BCUT2D eigenvalue weighted by molar-refractivity contribution is 0.0195. The number of phenolic OH excluding ortho intramolecular Hbond substituents is 1. The second kappa shape index (κ2) is 9.68. The van der Waals surface area contributed by atoms with Crippen LogP contribution in [0.3, 0.4) is 0 Å². The number of aromatic hydroxyl groups is 1. The van der Waals surface area contributed by atoms with E-state index >= 15 is 0 Å². The van der Waals surface area contributed by atoms with Crippen molar-refractivity contribution in [2.75, 3.05) is 26.9 Å². The third-order valence-electron chi connectivity index (χ3n) is 9.44. The number of likely N-dealkylation sites (tertiary alicyclic amines) is 1. The molecule has 4 atom stereocenters. The van der Waals surface area contributed by atoms with Gasteiger partial charge in [0, 0.05) is 29.5 Å². The van der Waals surface area contributed by atoms with Gasteiger partial charge < -0.3 is 29.9 Å². The summed E-state index contributed by atoms with van der Waals surface area (Å²) < 4.78 is 10.9. The lowest BCUT2D eigenvalue weighted by atomic mass is 9.53. The van der Waals surface area contributed by atoms with Crippen molar-refractivity contribution in [2.24, 2.45) is 5.92 Å². The van der Waals surface area contributed by atoms with E-state index < -0.39 is 6.10 Å². The van der Waals surface area contributed by atoms with Gasteiger partial charge in [-0.15, -0.1) is 0 Å². The Morgan fingerprint density at radius 3 is 2.70 bits per heavy atom. The number of carbonyl (C=O) groups excluding carboxylic acids is 1. The minimum Gasteiger partial charge on any atom is -0.507 e. The number of carbonyl (C=O) groups is 1. The zero-order valence-corrected chi connectivity index (χ0v) is 22.6. The van der Waals surface area contributed by atoms with Gasteiger partial charge in [0.1, 0.15) is 5.75 Å². The summed E-state index contributed by atoms with van der Waals surface area (Å²) in [7, 11) is 2.16. The molecule has 0 aromatic heterocycles. The maximum absolute atomic E-state index is 13.3. The number of nitrogens with one attached hydrogen (secondary N) is 1. The van der Waals surface area contributed by atoms with Crippen LogP contribution in [0.5, 0.6) is 17.2 Å². The Morgan fingerprint density at radius 1 is 1.05 bits per heavy atom. The molecule has 3 N–H and O–H groups in total. The smallest absolute Gasteiger partial charge is 0.255 e. The van der Waals surface area contributed by atoms with E-state index in [9.17, 15) is 15.0 Å². The van der Waals surface area contributed by atoms with E-state index in [1.807, 2.05) is 30.3 Å². The number of benzene rings is 3. The Labute approximate surface area is 234 Å². The first-order valence-electron chi connectivity index (χ1n) is 14.1. The average molecular weight is 539 g/mol. The second-order valence-corrected chi connectivity index (χ2v) is 11.6. The predicted molar refractivity (Wildman–Crippen MR) is 152 cm³/mol. The van der Waals surface area contributed by atoms with Crippen molar-refractivity contribution in [2.45, 2.75) is 43.2 Å². The molecule has 1 saturated heterocycles. The summed E-state index contributed by atoms with van der Waals surface area (Å²) in [6.45, 7) is 1.62. The largest absolute Gasteiger partial charge is 0.507 e. The van der Waals surface area contributed by atoms with Crippen molar-refractivity contribution in [3.8, 4) is 28.4 Å². The van der Waals surface area contributed by atoms with Gasteiger partial charge in [-0.25, -0.2) is 0 Å². The van der Waals surface area contributed by atoms with Crippen LogP contribution in [0.15, 0.2) is 66.7 Å². The number of ether oxygens (including phenoxy) is 2. The Morgan fingerprint density at radius 2 is 1.85 bits per heavy atom. The van der Waals surface area contributed by atoms with Crippen LogP contribution in [-0.4, -0.2) is 60.1 Å². The van der Waals surface area contributed by atoms with Gasteiger partial charge >= 0.3 is 0 Å². The molecule has 3 aromatic carbocycles. The first kappa shape index (κ1) is 25.2. The molecule has 7 nitrogen and oxygen atoms in total. The normalized spacial score (nSPS) is 26.2. The van der Waals surface area contributed by atoms with Gasteiger partial charge in [0.2, 0.25) is 6.79 Å². The van der Waals surface area contributed by atoms with Gasteiger partial charge in [-0.3, -0.25) is 4.79 Å². The molecule has 1 fully saturated rings. The van der Waals surface area contributed by atoms with E-state index in [1.54, 1.807) is 6.07 Å². The molecule has 2 aliphatic heterocycles. The van der Waals surface area contributed by atoms with Crippen LogP contribution in [-0.2, 0) is 18.3 Å². The highest BCUT2D eigenvalue weighted by atomic mass is 16.7. The number of hydrogen-bond donors (Lipinski definition) is 3. The van der Waals surface area contributed by atoms with Crippen LogP contribution in [0.25, 0.3) is 11.1 Å². The second-order valence-electron chi connectivity index (χ2n) is 11.6. The van der Waals surface area contributed by atoms with Crippen molar-refractivity contribution in [1.29, 1.82) is 0 Å². The number of piperidine rings is 1. The van der Waals surface area contributed by atoms with Crippen LogP contribution in [0.4, 0.5) is 0 Å². The number of likely N-dealkylation sites (N-methyl/N-ethyl adjacent to an activating group) is 1. The number of aliphatic hydroxyl groups excluding tert-OH is 1. The van der Waals surface area contributed by atoms with E-state index in [1.165, 1.54) is 0 Å². The molecule has 1 unspecified atom stereocenters. The quantitative estimate of drug-likeness (QED) is 0.422. The van der Waals surface area contributed by atoms with Crippen molar-refractivity contribution >= 4 is 5.91 Å². The highest BCUT2D eigenvalue weighted by Crippen LogP contribution is 2.56. The van der Waals surface area contributed by atoms with E-state index in [4.69, 9.17) is 9.47 Å². The molecule has 0 saturated carbocycles. The standard InChI is InChI=1S/C33H34N2O5/c1-35-15-13-33-18-24(36)8-10-26(33)27(35)16-23-6-9-25(31(37)30(23)33)32(38)34-14-12-20-2-4-21(5-3-20)22-7-11-28-29(17-22)40-19-39-28/h2-11,17,24,26-27,36-37H,12-16,18-19H2,1H3,(H,34,38)/t24-,26?,27+,33-/m0/s1. The van der Waals surface area contributed by atoms with Gasteiger partial charge in [-0.1, -0.05) is 48.6 Å². The number of hydrogen-bond acceptors (Lipinski definition) is 6. The van der Waals surface area contributed by atoms with Gasteiger partial charge in [-0.2, -0.15) is 0 Å². The Bertz CT molecular complexity index is 1500. The van der Waals surface area contributed by atoms with E-state index in [0.717, 1.165) is 58.7 Å². The molecule has 0 spiro atoms. The third kappa shape index (κ3) is 4.07. The number of nitrogens with zero attached hydrogens (tertiary/aromatic N) is 1. The molecule has 40 heavy (non-hydrogen) atoms. The summed E-state index contributed by atoms with van der Waals surface area (Å²) in [5, 5.41) is 25.1. The molecule has 2 bridgehead atoms. The van der Waals surface area contributed by atoms with Crippen LogP contribution in [0, 0.1) is 5.92 Å². The molecule has 2 aliphatic carbocycles. The third-order valence-corrected chi connectivity index (χ3v) is 9.44. The maximum atomic E-state index is 13.3.